The molecule has 2 rings (SSSR count). The summed E-state index contributed by atoms with van der Waals surface area (Å²) >= 11 is 5.11. The standard InChI is InChI=1S/C13H17N3O3S/c14-16(9-10-3-1-2-4-11(10)17)13(20)12(18)15-5-7-19-8-6-15/h1-4,17H,5-9,14H2. The minimum Gasteiger partial charge on any atom is -0.508 e. The number of amides is 1. The lowest BCUT2D eigenvalue weighted by Gasteiger charge is -2.29. The molecule has 1 heterocycles. The number of aromatic hydroxyl groups is 1. The first-order valence-electron chi connectivity index (χ1n) is 6.29. The molecular formula is C13H17N3O3S. The normalized spacial score (nSPS) is 14.9. The minimum atomic E-state index is -0.277. The van der Waals surface area contributed by atoms with Crippen LogP contribution in [0.15, 0.2) is 24.3 Å². The lowest BCUT2D eigenvalue weighted by molar-refractivity contribution is -0.128. The summed E-state index contributed by atoms with van der Waals surface area (Å²) in [6.07, 6.45) is 0. The zero-order valence-corrected chi connectivity index (χ0v) is 11.8. The number of hydrazine groups is 1. The molecule has 1 fully saturated rings. The van der Waals surface area contributed by atoms with Gasteiger partial charge in [0.05, 0.1) is 19.8 Å². The fourth-order valence-electron chi connectivity index (χ4n) is 1.92. The molecule has 1 aliphatic rings. The second kappa shape index (κ2) is 6.65. The van der Waals surface area contributed by atoms with Crippen LogP contribution in [0.3, 0.4) is 0 Å². The van der Waals surface area contributed by atoms with E-state index in [9.17, 15) is 9.90 Å². The maximum Gasteiger partial charge on any atom is 0.282 e. The van der Waals surface area contributed by atoms with Gasteiger partial charge in [-0.2, -0.15) is 0 Å². The number of morpholine rings is 1. The van der Waals surface area contributed by atoms with Gasteiger partial charge in [0, 0.05) is 18.7 Å². The first-order chi connectivity index (χ1) is 9.59. The molecule has 0 unspecified atom stereocenters. The van der Waals surface area contributed by atoms with Crippen molar-refractivity contribution in [3.05, 3.63) is 29.8 Å². The van der Waals surface area contributed by atoms with Crippen LogP contribution in [0, 0.1) is 0 Å². The number of carbonyl (C=O) groups is 1. The van der Waals surface area contributed by atoms with Crippen LogP contribution in [-0.4, -0.2) is 52.2 Å². The molecule has 0 saturated carbocycles. The van der Waals surface area contributed by atoms with Gasteiger partial charge in [-0.25, -0.2) is 5.84 Å². The number of hydrogen-bond donors (Lipinski definition) is 2. The van der Waals surface area contributed by atoms with Crippen LogP contribution in [-0.2, 0) is 16.1 Å². The van der Waals surface area contributed by atoms with E-state index in [2.05, 4.69) is 0 Å². The first-order valence-corrected chi connectivity index (χ1v) is 6.70. The fraction of sp³-hybridized carbons (Fsp3) is 0.385. The Labute approximate surface area is 122 Å². The molecule has 1 aromatic rings. The van der Waals surface area contributed by atoms with E-state index in [0.717, 1.165) is 0 Å². The highest BCUT2D eigenvalue weighted by atomic mass is 32.1. The van der Waals surface area contributed by atoms with Crippen LogP contribution in [0.25, 0.3) is 0 Å². The van der Waals surface area contributed by atoms with Gasteiger partial charge < -0.3 is 14.7 Å². The lowest BCUT2D eigenvalue weighted by Crippen LogP contribution is -2.50. The van der Waals surface area contributed by atoms with Crippen molar-refractivity contribution in [1.82, 2.24) is 9.91 Å². The quantitative estimate of drug-likeness (QED) is 0.463. The van der Waals surface area contributed by atoms with Gasteiger partial charge in [-0.3, -0.25) is 9.80 Å². The molecule has 0 radical (unpaired) electrons. The van der Waals surface area contributed by atoms with E-state index >= 15 is 0 Å². The lowest BCUT2D eigenvalue weighted by atomic mass is 10.2. The van der Waals surface area contributed by atoms with Gasteiger partial charge in [0.1, 0.15) is 5.75 Å². The molecule has 0 bridgehead atoms. The summed E-state index contributed by atoms with van der Waals surface area (Å²) in [6, 6.07) is 6.81. The van der Waals surface area contributed by atoms with Gasteiger partial charge in [-0.15, -0.1) is 0 Å². The zero-order valence-electron chi connectivity index (χ0n) is 11.0. The van der Waals surface area contributed by atoms with Crippen molar-refractivity contribution in [2.45, 2.75) is 6.54 Å². The van der Waals surface area contributed by atoms with Gasteiger partial charge in [-0.1, -0.05) is 30.4 Å². The molecule has 3 N–H and O–H groups in total. The third kappa shape index (κ3) is 3.44. The van der Waals surface area contributed by atoms with E-state index in [0.29, 0.717) is 31.9 Å². The number of carbonyl (C=O) groups excluding carboxylic acids is 1. The summed E-state index contributed by atoms with van der Waals surface area (Å²) in [5.41, 5.74) is 0.618. The average Bonchev–Trinajstić information content (AvgIpc) is 2.49. The smallest absolute Gasteiger partial charge is 0.282 e. The first kappa shape index (κ1) is 14.7. The summed E-state index contributed by atoms with van der Waals surface area (Å²) < 4.78 is 5.19. The molecule has 0 atom stereocenters. The van der Waals surface area contributed by atoms with Crippen LogP contribution in [0.2, 0.25) is 0 Å². The molecular weight excluding hydrogens is 278 g/mol. The SMILES string of the molecule is NN(Cc1ccccc1O)C(=S)C(=O)N1CCOCC1. The Morgan fingerprint density at radius 3 is 2.70 bits per heavy atom. The van der Waals surface area contributed by atoms with Crippen molar-refractivity contribution in [3.63, 3.8) is 0 Å². The van der Waals surface area contributed by atoms with Crippen LogP contribution in [0.4, 0.5) is 0 Å². The fourth-order valence-corrected chi connectivity index (χ4v) is 2.12. The maximum absolute atomic E-state index is 12.2. The number of ether oxygens (including phenoxy) is 1. The minimum absolute atomic E-state index is 0.0372. The number of para-hydroxylation sites is 1. The molecule has 0 spiro atoms. The highest BCUT2D eigenvalue weighted by molar-refractivity contribution is 7.81. The third-order valence-electron chi connectivity index (χ3n) is 3.07. The van der Waals surface area contributed by atoms with Crippen LogP contribution in [0.1, 0.15) is 5.56 Å². The van der Waals surface area contributed by atoms with E-state index < -0.39 is 0 Å². The Balaban J connectivity index is 1.98. The molecule has 108 valence electrons. The number of phenolic OH excluding ortho intramolecular Hbond substituents is 1. The molecule has 7 heteroatoms. The monoisotopic (exact) mass is 295 g/mol. The Morgan fingerprint density at radius 1 is 1.40 bits per heavy atom. The van der Waals surface area contributed by atoms with Crippen molar-refractivity contribution in [2.75, 3.05) is 26.3 Å². The molecule has 1 saturated heterocycles. The van der Waals surface area contributed by atoms with Crippen LogP contribution >= 0.6 is 12.2 Å². The molecule has 0 aromatic heterocycles. The van der Waals surface area contributed by atoms with E-state index in [1.807, 2.05) is 0 Å². The van der Waals surface area contributed by atoms with E-state index in [1.54, 1.807) is 29.2 Å². The second-order valence-corrected chi connectivity index (χ2v) is 4.85. The topological polar surface area (TPSA) is 79.0 Å². The number of phenols is 1. The predicted octanol–water partition coefficient (Wildman–Crippen LogP) is 0.254. The second-order valence-electron chi connectivity index (χ2n) is 4.47. The molecule has 20 heavy (non-hydrogen) atoms. The highest BCUT2D eigenvalue weighted by Crippen LogP contribution is 2.17. The van der Waals surface area contributed by atoms with Crippen molar-refractivity contribution < 1.29 is 14.6 Å². The average molecular weight is 295 g/mol. The van der Waals surface area contributed by atoms with Gasteiger partial charge in [-0.05, 0) is 6.07 Å². The van der Waals surface area contributed by atoms with Crippen LogP contribution in [0.5, 0.6) is 5.75 Å². The number of nitrogens with zero attached hydrogens (tertiary/aromatic N) is 2. The van der Waals surface area contributed by atoms with E-state index in [1.165, 1.54) is 5.01 Å². The predicted molar refractivity (Wildman–Crippen MR) is 77.8 cm³/mol. The van der Waals surface area contributed by atoms with Crippen LogP contribution < -0.4 is 5.84 Å². The van der Waals surface area contributed by atoms with E-state index in [4.69, 9.17) is 22.8 Å². The molecule has 1 aliphatic heterocycles. The highest BCUT2D eigenvalue weighted by Gasteiger charge is 2.23. The number of benzene rings is 1. The Bertz CT molecular complexity index is 503. The summed E-state index contributed by atoms with van der Waals surface area (Å²) in [7, 11) is 0. The van der Waals surface area contributed by atoms with Crippen molar-refractivity contribution >= 4 is 23.1 Å². The number of hydrogen-bond acceptors (Lipinski definition) is 5. The van der Waals surface area contributed by atoms with E-state index in [-0.39, 0.29) is 23.2 Å². The number of nitrogens with two attached hydrogens (primary N) is 1. The summed E-state index contributed by atoms with van der Waals surface area (Å²) in [4.78, 5) is 13.8. The number of rotatable bonds is 2. The molecule has 0 aliphatic carbocycles. The van der Waals surface area contributed by atoms with Crippen molar-refractivity contribution in [1.29, 1.82) is 0 Å². The van der Waals surface area contributed by atoms with Gasteiger partial charge in [0.2, 0.25) is 0 Å². The molecule has 6 nitrogen and oxygen atoms in total. The largest absolute Gasteiger partial charge is 0.508 e. The van der Waals surface area contributed by atoms with Gasteiger partial charge in [0.25, 0.3) is 5.91 Å². The summed E-state index contributed by atoms with van der Waals surface area (Å²) in [5.74, 6) is 5.68. The maximum atomic E-state index is 12.2. The zero-order chi connectivity index (χ0) is 14.5. The Kier molecular flexibility index (Phi) is 4.89. The van der Waals surface area contributed by atoms with Gasteiger partial charge in [0.15, 0.2) is 4.99 Å². The summed E-state index contributed by atoms with van der Waals surface area (Å²) in [6.45, 7) is 2.24. The summed E-state index contributed by atoms with van der Waals surface area (Å²) in [5, 5.41) is 10.9. The Morgan fingerprint density at radius 2 is 2.05 bits per heavy atom. The Hall–Kier alpha value is -1.70. The third-order valence-corrected chi connectivity index (χ3v) is 3.48. The molecule has 1 aromatic carbocycles. The van der Waals surface area contributed by atoms with Gasteiger partial charge >= 0.3 is 0 Å². The van der Waals surface area contributed by atoms with Crippen molar-refractivity contribution in [3.8, 4) is 5.75 Å². The van der Waals surface area contributed by atoms with Crippen molar-refractivity contribution in [2.24, 2.45) is 5.84 Å². The molecule has 1 amide bonds. The number of thiocarbonyl (C=S) groups is 1.